The highest BCUT2D eigenvalue weighted by molar-refractivity contribution is 5.79. The molecule has 0 amide bonds. The van der Waals surface area contributed by atoms with Crippen molar-refractivity contribution in [2.45, 2.75) is 26.4 Å². The van der Waals surface area contributed by atoms with Crippen LogP contribution in [0.2, 0.25) is 0 Å². The molecule has 0 bridgehead atoms. The van der Waals surface area contributed by atoms with Gasteiger partial charge in [-0.2, -0.15) is 0 Å². The smallest absolute Gasteiger partial charge is 0.320 e. The number of carbonyl (C=O) groups is 1. The summed E-state index contributed by atoms with van der Waals surface area (Å²) in [6.07, 6.45) is 0. The third kappa shape index (κ3) is 3.11. The first-order valence-electron chi connectivity index (χ1n) is 6.54. The quantitative estimate of drug-likeness (QED) is 0.849. The Balaban J connectivity index is 2.12. The number of aliphatic carboxylic acids is 1. The lowest BCUT2D eigenvalue weighted by atomic mass is 10.0. The highest BCUT2D eigenvalue weighted by atomic mass is 16.5. The maximum absolute atomic E-state index is 11.1. The second-order valence-electron chi connectivity index (χ2n) is 5.06. The normalized spacial score (nSPS) is 12.8. The molecule has 20 heavy (non-hydrogen) atoms. The number of benzene rings is 1. The lowest BCUT2D eigenvalue weighted by molar-refractivity contribution is -0.140. The molecule has 0 aliphatic carbocycles. The van der Waals surface area contributed by atoms with E-state index in [0.717, 1.165) is 16.7 Å². The van der Waals surface area contributed by atoms with Gasteiger partial charge in [0.2, 0.25) is 0 Å². The number of nitrogens with one attached hydrogen (secondary N) is 1. The van der Waals surface area contributed by atoms with E-state index >= 15 is 0 Å². The zero-order valence-electron chi connectivity index (χ0n) is 11.8. The van der Waals surface area contributed by atoms with Crippen molar-refractivity contribution in [2.75, 3.05) is 7.11 Å². The average molecular weight is 277 g/mol. The monoisotopic (exact) mass is 277 g/mol. The van der Waals surface area contributed by atoms with Crippen LogP contribution in [0.25, 0.3) is 11.0 Å². The molecule has 0 radical (unpaired) electrons. The van der Waals surface area contributed by atoms with E-state index in [1.54, 1.807) is 7.11 Å². The standard InChI is InChI=1S/C15H19NO4/c1-9(2)14(15(17)18)16-8-12-7-10-6-11(19-3)4-5-13(10)20-12/h4-7,9,14,16H,8H2,1-3H3,(H,17,18)/t14-/m0/s1. The average Bonchev–Trinajstić information content (AvgIpc) is 2.79. The van der Waals surface area contributed by atoms with Gasteiger partial charge in [-0.05, 0) is 30.2 Å². The zero-order valence-corrected chi connectivity index (χ0v) is 11.8. The van der Waals surface area contributed by atoms with Crippen LogP contribution < -0.4 is 10.1 Å². The van der Waals surface area contributed by atoms with E-state index in [2.05, 4.69) is 5.32 Å². The van der Waals surface area contributed by atoms with Gasteiger partial charge in [-0.25, -0.2) is 0 Å². The molecule has 2 rings (SSSR count). The van der Waals surface area contributed by atoms with E-state index in [1.807, 2.05) is 38.1 Å². The van der Waals surface area contributed by atoms with Crippen molar-refractivity contribution >= 4 is 16.9 Å². The van der Waals surface area contributed by atoms with Gasteiger partial charge in [0.1, 0.15) is 23.1 Å². The Hall–Kier alpha value is -2.01. The zero-order chi connectivity index (χ0) is 14.7. The Bertz CT molecular complexity index is 603. The summed E-state index contributed by atoms with van der Waals surface area (Å²) >= 11 is 0. The minimum absolute atomic E-state index is 0.0111. The van der Waals surface area contributed by atoms with Gasteiger partial charge >= 0.3 is 5.97 Å². The van der Waals surface area contributed by atoms with Gasteiger partial charge in [-0.3, -0.25) is 10.1 Å². The molecular weight excluding hydrogens is 258 g/mol. The number of furan rings is 1. The van der Waals surface area contributed by atoms with Crippen molar-refractivity contribution in [1.82, 2.24) is 5.32 Å². The number of hydrogen-bond donors (Lipinski definition) is 2. The van der Waals surface area contributed by atoms with Crippen molar-refractivity contribution in [3.05, 3.63) is 30.0 Å². The molecule has 0 saturated carbocycles. The first-order valence-corrected chi connectivity index (χ1v) is 6.54. The van der Waals surface area contributed by atoms with Gasteiger partial charge in [-0.1, -0.05) is 13.8 Å². The summed E-state index contributed by atoms with van der Waals surface area (Å²) < 4.78 is 10.8. The second-order valence-corrected chi connectivity index (χ2v) is 5.06. The second kappa shape index (κ2) is 5.96. The Morgan fingerprint density at radius 1 is 1.40 bits per heavy atom. The van der Waals surface area contributed by atoms with Gasteiger partial charge in [-0.15, -0.1) is 0 Å². The summed E-state index contributed by atoms with van der Waals surface area (Å²) in [5.41, 5.74) is 0.763. The van der Waals surface area contributed by atoms with Crippen LogP contribution in [0.1, 0.15) is 19.6 Å². The highest BCUT2D eigenvalue weighted by Crippen LogP contribution is 2.24. The summed E-state index contributed by atoms with van der Waals surface area (Å²) in [6, 6.07) is 6.87. The van der Waals surface area contributed by atoms with Crippen LogP contribution in [-0.2, 0) is 11.3 Å². The molecule has 2 N–H and O–H groups in total. The summed E-state index contributed by atoms with van der Waals surface area (Å²) in [6.45, 7) is 4.12. The lowest BCUT2D eigenvalue weighted by Crippen LogP contribution is -2.40. The van der Waals surface area contributed by atoms with Crippen molar-refractivity contribution in [2.24, 2.45) is 5.92 Å². The molecule has 0 aliphatic rings. The van der Waals surface area contributed by atoms with Crippen molar-refractivity contribution in [3.63, 3.8) is 0 Å². The Morgan fingerprint density at radius 3 is 2.75 bits per heavy atom. The van der Waals surface area contributed by atoms with Crippen molar-refractivity contribution < 1.29 is 19.1 Å². The number of methoxy groups -OCH3 is 1. The summed E-state index contributed by atoms with van der Waals surface area (Å²) in [4.78, 5) is 11.1. The lowest BCUT2D eigenvalue weighted by Gasteiger charge is -2.16. The fraction of sp³-hybridized carbons (Fsp3) is 0.400. The molecular formula is C15H19NO4. The van der Waals surface area contributed by atoms with Crippen LogP contribution >= 0.6 is 0 Å². The van der Waals surface area contributed by atoms with Crippen LogP contribution in [0.4, 0.5) is 0 Å². The van der Waals surface area contributed by atoms with Gasteiger partial charge in [0, 0.05) is 5.39 Å². The molecule has 108 valence electrons. The van der Waals surface area contributed by atoms with E-state index in [1.165, 1.54) is 0 Å². The van der Waals surface area contributed by atoms with E-state index in [-0.39, 0.29) is 5.92 Å². The summed E-state index contributed by atoms with van der Waals surface area (Å²) in [7, 11) is 1.61. The Labute approximate surface area is 117 Å². The fourth-order valence-corrected chi connectivity index (χ4v) is 2.11. The van der Waals surface area contributed by atoms with E-state index in [4.69, 9.17) is 14.3 Å². The number of ether oxygens (including phenoxy) is 1. The minimum Gasteiger partial charge on any atom is -0.497 e. The molecule has 0 unspecified atom stereocenters. The minimum atomic E-state index is -0.849. The summed E-state index contributed by atoms with van der Waals surface area (Å²) in [5, 5.41) is 13.1. The highest BCUT2D eigenvalue weighted by Gasteiger charge is 2.21. The molecule has 2 aromatic rings. The number of rotatable bonds is 6. The number of hydrogen-bond acceptors (Lipinski definition) is 4. The molecule has 1 aromatic heterocycles. The number of carboxylic acids is 1. The molecule has 0 aliphatic heterocycles. The third-order valence-corrected chi connectivity index (χ3v) is 3.20. The maximum Gasteiger partial charge on any atom is 0.320 e. The molecule has 1 heterocycles. The molecule has 5 nitrogen and oxygen atoms in total. The number of carboxylic acid groups (broad SMARTS) is 1. The molecule has 0 fully saturated rings. The van der Waals surface area contributed by atoms with E-state index in [9.17, 15) is 4.79 Å². The predicted octanol–water partition coefficient (Wildman–Crippen LogP) is 2.64. The topological polar surface area (TPSA) is 71.7 Å². The molecule has 1 atom stereocenters. The van der Waals surface area contributed by atoms with Crippen LogP contribution in [0, 0.1) is 5.92 Å². The van der Waals surface area contributed by atoms with Crippen LogP contribution in [-0.4, -0.2) is 24.2 Å². The fourth-order valence-electron chi connectivity index (χ4n) is 2.11. The maximum atomic E-state index is 11.1. The molecule has 0 spiro atoms. The van der Waals surface area contributed by atoms with Gasteiger partial charge < -0.3 is 14.3 Å². The molecule has 1 aromatic carbocycles. The van der Waals surface area contributed by atoms with Crippen LogP contribution in [0.15, 0.2) is 28.7 Å². The SMILES string of the molecule is COc1ccc2oc(CN[C@H](C(=O)O)C(C)C)cc2c1. The van der Waals surface area contributed by atoms with Crippen LogP contribution in [0.5, 0.6) is 5.75 Å². The first kappa shape index (κ1) is 14.4. The Kier molecular flexibility index (Phi) is 4.29. The first-order chi connectivity index (χ1) is 9.51. The largest absolute Gasteiger partial charge is 0.497 e. The van der Waals surface area contributed by atoms with E-state index < -0.39 is 12.0 Å². The molecule has 0 saturated heterocycles. The van der Waals surface area contributed by atoms with E-state index in [0.29, 0.717) is 12.3 Å². The van der Waals surface area contributed by atoms with Gasteiger partial charge in [0.25, 0.3) is 0 Å². The number of fused-ring (bicyclic) bond motifs is 1. The van der Waals surface area contributed by atoms with Crippen molar-refractivity contribution in [3.8, 4) is 5.75 Å². The van der Waals surface area contributed by atoms with Gasteiger partial charge in [0.15, 0.2) is 0 Å². The Morgan fingerprint density at radius 2 is 2.15 bits per heavy atom. The van der Waals surface area contributed by atoms with Gasteiger partial charge in [0.05, 0.1) is 13.7 Å². The van der Waals surface area contributed by atoms with Crippen LogP contribution in [0.3, 0.4) is 0 Å². The molecule has 5 heteroatoms. The van der Waals surface area contributed by atoms with Crippen molar-refractivity contribution in [1.29, 1.82) is 0 Å². The predicted molar refractivity (Wildman–Crippen MR) is 75.9 cm³/mol. The summed E-state index contributed by atoms with van der Waals surface area (Å²) in [5.74, 6) is 0.637. The third-order valence-electron chi connectivity index (χ3n) is 3.20.